The van der Waals surface area contributed by atoms with E-state index < -0.39 is 11.6 Å². The predicted octanol–water partition coefficient (Wildman–Crippen LogP) is 5.79. The van der Waals surface area contributed by atoms with Crippen LogP contribution in [0.25, 0.3) is 5.57 Å². The van der Waals surface area contributed by atoms with Gasteiger partial charge in [0.1, 0.15) is 18.8 Å². The van der Waals surface area contributed by atoms with Crippen molar-refractivity contribution in [3.8, 4) is 11.6 Å². The third kappa shape index (κ3) is 7.45. The fourth-order valence-corrected chi connectivity index (χ4v) is 5.78. The molecule has 222 valence electrons. The lowest BCUT2D eigenvalue weighted by molar-refractivity contribution is -0.140. The van der Waals surface area contributed by atoms with Crippen LogP contribution in [0.15, 0.2) is 36.0 Å². The summed E-state index contributed by atoms with van der Waals surface area (Å²) in [6, 6.07) is 6.89. The van der Waals surface area contributed by atoms with Crippen molar-refractivity contribution >= 4 is 40.8 Å². The van der Waals surface area contributed by atoms with Crippen LogP contribution < -0.4 is 9.47 Å². The first-order valence-electron chi connectivity index (χ1n) is 13.7. The molecule has 9 nitrogen and oxygen atoms in total. The highest BCUT2D eigenvalue weighted by Crippen LogP contribution is 2.38. The van der Waals surface area contributed by atoms with E-state index in [2.05, 4.69) is 9.88 Å². The fraction of sp³-hybridized carbons (Fsp3) is 0.500. The van der Waals surface area contributed by atoms with Crippen LogP contribution in [0.2, 0.25) is 10.0 Å². The Morgan fingerprint density at radius 3 is 2.37 bits per heavy atom. The van der Waals surface area contributed by atoms with E-state index in [0.717, 1.165) is 16.7 Å². The third-order valence-corrected chi connectivity index (χ3v) is 7.51. The van der Waals surface area contributed by atoms with Crippen LogP contribution in [0.5, 0.6) is 11.6 Å². The molecule has 2 aliphatic heterocycles. The zero-order valence-corrected chi connectivity index (χ0v) is 25.8. The van der Waals surface area contributed by atoms with Gasteiger partial charge in [-0.3, -0.25) is 4.90 Å². The summed E-state index contributed by atoms with van der Waals surface area (Å²) in [6.07, 6.45) is 1.87. The Labute approximate surface area is 251 Å². The van der Waals surface area contributed by atoms with Crippen molar-refractivity contribution in [3.05, 3.63) is 57.2 Å². The number of likely N-dealkylation sites (N-methyl/N-ethyl adjacent to an activating group) is 1. The maximum Gasteiger partial charge on any atom is 0.410 e. The van der Waals surface area contributed by atoms with Crippen LogP contribution in [0, 0.1) is 6.92 Å². The molecule has 11 heteroatoms. The van der Waals surface area contributed by atoms with Gasteiger partial charge in [0.2, 0.25) is 5.88 Å². The second kappa shape index (κ2) is 12.9. The second-order valence-corrected chi connectivity index (χ2v) is 12.0. The molecular weight excluding hydrogens is 569 g/mol. The minimum absolute atomic E-state index is 0.00272. The number of hydrogen-bond acceptors (Lipinski definition) is 8. The van der Waals surface area contributed by atoms with Crippen LogP contribution in [-0.4, -0.2) is 84.5 Å². The molecule has 1 amide bonds. The topological polar surface area (TPSA) is 90.4 Å². The number of halogens is 2. The van der Waals surface area contributed by atoms with E-state index in [4.69, 9.17) is 42.1 Å². The van der Waals surface area contributed by atoms with Gasteiger partial charge in [0.25, 0.3) is 0 Å². The van der Waals surface area contributed by atoms with Gasteiger partial charge in [0.05, 0.1) is 28.3 Å². The number of aryl methyl sites for hydroxylation is 1. The van der Waals surface area contributed by atoms with E-state index in [1.165, 1.54) is 0 Å². The molecule has 0 N–H and O–H groups in total. The van der Waals surface area contributed by atoms with Gasteiger partial charge >= 0.3 is 12.1 Å². The molecular formula is C30H37Cl2N3O6. The Morgan fingerprint density at radius 1 is 1.07 bits per heavy atom. The van der Waals surface area contributed by atoms with Crippen LogP contribution in [-0.2, 0) is 14.3 Å². The van der Waals surface area contributed by atoms with Gasteiger partial charge in [-0.1, -0.05) is 23.2 Å². The van der Waals surface area contributed by atoms with Gasteiger partial charge < -0.3 is 23.8 Å². The Kier molecular flexibility index (Phi) is 9.72. The van der Waals surface area contributed by atoms with Crippen molar-refractivity contribution in [2.75, 3.05) is 40.0 Å². The second-order valence-electron chi connectivity index (χ2n) is 11.2. The number of hydrogen-bond donors (Lipinski definition) is 0. The number of benzene rings is 1. The monoisotopic (exact) mass is 605 g/mol. The first-order valence-corrected chi connectivity index (χ1v) is 14.4. The van der Waals surface area contributed by atoms with E-state index in [-0.39, 0.29) is 38.0 Å². The number of ether oxygens (including phenoxy) is 4. The lowest BCUT2D eigenvalue weighted by Gasteiger charge is -2.49. The zero-order valence-electron chi connectivity index (χ0n) is 24.3. The van der Waals surface area contributed by atoms with Crippen LogP contribution in [0.3, 0.4) is 0 Å². The first-order chi connectivity index (χ1) is 19.4. The minimum atomic E-state index is -0.608. The highest BCUT2D eigenvalue weighted by atomic mass is 35.5. The minimum Gasteiger partial charge on any atom is -0.487 e. The summed E-state index contributed by atoms with van der Waals surface area (Å²) in [6.45, 7) is 10.7. The molecule has 2 atom stereocenters. The Bertz CT molecular complexity index is 1290. The van der Waals surface area contributed by atoms with Crippen molar-refractivity contribution in [1.82, 2.24) is 14.8 Å². The number of carbonyl (C=O) groups is 2. The van der Waals surface area contributed by atoms with Gasteiger partial charge in [-0.2, -0.15) is 0 Å². The smallest absolute Gasteiger partial charge is 0.410 e. The summed E-state index contributed by atoms with van der Waals surface area (Å²) in [4.78, 5) is 34.4. The molecule has 1 fully saturated rings. The molecule has 0 spiro atoms. The first kappa shape index (κ1) is 30.9. The number of amides is 1. The molecule has 2 bridgehead atoms. The van der Waals surface area contributed by atoms with Crippen molar-refractivity contribution in [1.29, 1.82) is 0 Å². The lowest BCUT2D eigenvalue weighted by Crippen LogP contribution is -2.62. The molecule has 2 aromatic rings. The molecule has 0 unspecified atom stereocenters. The van der Waals surface area contributed by atoms with E-state index in [9.17, 15) is 9.59 Å². The molecule has 41 heavy (non-hydrogen) atoms. The quantitative estimate of drug-likeness (QED) is 0.276. The molecule has 1 aromatic carbocycles. The fourth-order valence-electron chi connectivity index (χ4n) is 5.08. The number of fused-ring (bicyclic) bond motifs is 2. The number of esters is 1. The normalized spacial score (nSPS) is 19.2. The van der Waals surface area contributed by atoms with E-state index in [1.807, 2.05) is 40.8 Å². The Balaban J connectivity index is 1.49. The predicted molar refractivity (Wildman–Crippen MR) is 158 cm³/mol. The van der Waals surface area contributed by atoms with Gasteiger partial charge in [-0.05, 0) is 83.0 Å². The van der Waals surface area contributed by atoms with Crippen LogP contribution in [0.4, 0.5) is 4.79 Å². The average molecular weight is 607 g/mol. The highest BCUT2D eigenvalue weighted by Gasteiger charge is 2.45. The zero-order chi connectivity index (χ0) is 29.9. The summed E-state index contributed by atoms with van der Waals surface area (Å²) in [5.41, 5.74) is 2.55. The number of aromatic nitrogens is 1. The molecule has 1 aromatic heterocycles. The van der Waals surface area contributed by atoms with Crippen molar-refractivity contribution < 1.29 is 28.5 Å². The van der Waals surface area contributed by atoms with Crippen molar-refractivity contribution in [2.24, 2.45) is 0 Å². The molecule has 0 aliphatic carbocycles. The van der Waals surface area contributed by atoms with Gasteiger partial charge in [-0.25, -0.2) is 14.6 Å². The van der Waals surface area contributed by atoms with Crippen molar-refractivity contribution in [3.63, 3.8) is 0 Å². The number of piperazine rings is 1. The number of nitrogens with zero attached hydrogens (tertiary/aromatic N) is 3. The molecule has 2 aliphatic rings. The summed E-state index contributed by atoms with van der Waals surface area (Å²) in [7, 11) is 1.98. The lowest BCUT2D eigenvalue weighted by atomic mass is 9.82. The number of carbonyl (C=O) groups excluding carboxylic acids is 2. The maximum absolute atomic E-state index is 13.2. The maximum atomic E-state index is 13.2. The van der Waals surface area contributed by atoms with Gasteiger partial charge in [0, 0.05) is 31.4 Å². The van der Waals surface area contributed by atoms with Crippen LogP contribution >= 0.6 is 23.2 Å². The highest BCUT2D eigenvalue weighted by molar-refractivity contribution is 6.37. The van der Waals surface area contributed by atoms with E-state index >= 15 is 0 Å². The summed E-state index contributed by atoms with van der Waals surface area (Å²) in [5, 5.41) is 0.889. The summed E-state index contributed by atoms with van der Waals surface area (Å²) < 4.78 is 22.6. The molecule has 4 rings (SSSR count). The van der Waals surface area contributed by atoms with Crippen molar-refractivity contribution in [2.45, 2.75) is 58.7 Å². The standard InChI is InChI=1S/C30H37Cl2N3O6/c1-7-38-28(36)26-21(14-20-16-35(17-24(26)34(20)6)29(37)41-30(3,4)5)19-8-9-25(33-15-19)39-10-11-40-27-22(31)12-18(2)13-23(27)32/h8-9,12-13,15,20,24H,7,10-11,14,16-17H2,1-6H3/t20-,24-/m1/s1. The van der Waals surface area contributed by atoms with Gasteiger partial charge in [0.15, 0.2) is 5.75 Å². The molecule has 3 heterocycles. The Hall–Kier alpha value is -3.01. The Morgan fingerprint density at radius 2 is 1.76 bits per heavy atom. The number of rotatable bonds is 8. The number of pyridine rings is 1. The SMILES string of the molecule is CCOC(=O)C1=C(c2ccc(OCCOc3c(Cl)cc(C)cc3Cl)nc2)C[C@@H]2CN(C(=O)OC(C)(C)C)C[C@H]1N2C. The third-order valence-electron chi connectivity index (χ3n) is 6.94. The largest absolute Gasteiger partial charge is 0.487 e. The average Bonchev–Trinajstić information content (AvgIpc) is 2.87. The van der Waals surface area contributed by atoms with E-state index in [0.29, 0.717) is 46.8 Å². The molecule has 1 saturated heterocycles. The van der Waals surface area contributed by atoms with Gasteiger partial charge in [-0.15, -0.1) is 0 Å². The molecule has 0 radical (unpaired) electrons. The van der Waals surface area contributed by atoms with Crippen LogP contribution in [0.1, 0.15) is 45.2 Å². The summed E-state index contributed by atoms with van der Waals surface area (Å²) in [5.74, 6) is 0.443. The van der Waals surface area contributed by atoms with E-state index in [1.54, 1.807) is 36.2 Å². The molecule has 0 saturated carbocycles. The summed E-state index contributed by atoms with van der Waals surface area (Å²) >= 11 is 12.5.